The number of nitrogens with zero attached hydrogens (tertiary/aromatic N) is 5. The SMILES string of the molecule is CN1C=C2CN(CCO)c3cc(c4nccnc4c3)OC3CCC(CC3)NC(=O)c3ccc(c(F)c3)N2CC1. The van der Waals surface area contributed by atoms with Crippen LogP contribution in [0.4, 0.5) is 15.8 Å². The van der Waals surface area contributed by atoms with Gasteiger partial charge in [-0.15, -0.1) is 0 Å². The summed E-state index contributed by atoms with van der Waals surface area (Å²) < 4.78 is 22.1. The minimum absolute atomic E-state index is 0.00838. The maximum atomic E-state index is 15.5. The number of aliphatic hydroxyl groups is 1. The number of anilines is 2. The Hall–Kier alpha value is -3.92. The molecule has 0 spiro atoms. The van der Waals surface area contributed by atoms with Gasteiger partial charge in [0.05, 0.1) is 36.2 Å². The number of aromatic nitrogens is 2. The Bertz CT molecular complexity index is 1410. The Morgan fingerprint density at radius 2 is 1.92 bits per heavy atom. The van der Waals surface area contributed by atoms with Gasteiger partial charge in [0.15, 0.2) is 0 Å². The van der Waals surface area contributed by atoms with Crippen molar-refractivity contribution in [3.63, 3.8) is 0 Å². The van der Waals surface area contributed by atoms with Crippen LogP contribution in [0, 0.1) is 5.82 Å². The van der Waals surface area contributed by atoms with Crippen molar-refractivity contribution in [2.24, 2.45) is 0 Å². The van der Waals surface area contributed by atoms with Gasteiger partial charge in [0.25, 0.3) is 5.91 Å². The summed E-state index contributed by atoms with van der Waals surface area (Å²) in [7, 11) is 1.99. The molecule has 2 N–H and O–H groups in total. The highest BCUT2D eigenvalue weighted by Gasteiger charge is 2.28. The maximum absolute atomic E-state index is 15.5. The van der Waals surface area contributed by atoms with Gasteiger partial charge in [-0.3, -0.25) is 9.78 Å². The molecule has 4 aliphatic heterocycles. The van der Waals surface area contributed by atoms with E-state index in [1.807, 2.05) is 30.3 Å². The fourth-order valence-corrected chi connectivity index (χ4v) is 5.75. The molecule has 5 heterocycles. The number of hydrogen-bond acceptors (Lipinski definition) is 8. The van der Waals surface area contributed by atoms with Crippen LogP contribution in [0.1, 0.15) is 36.0 Å². The van der Waals surface area contributed by atoms with Gasteiger partial charge < -0.3 is 29.9 Å². The summed E-state index contributed by atoms with van der Waals surface area (Å²) in [6, 6.07) is 8.66. The molecule has 0 atom stereocenters. The van der Waals surface area contributed by atoms with Crippen LogP contribution in [0.5, 0.6) is 5.75 Å². The van der Waals surface area contributed by atoms with Crippen LogP contribution < -0.4 is 19.9 Å². The number of nitrogens with one attached hydrogen (secondary N) is 1. The topological polar surface area (TPSA) is 94.1 Å². The third-order valence-corrected chi connectivity index (χ3v) is 7.81. The lowest BCUT2D eigenvalue weighted by atomic mass is 9.92. The molecule has 0 unspecified atom stereocenters. The summed E-state index contributed by atoms with van der Waals surface area (Å²) in [4.78, 5) is 28.2. The third kappa shape index (κ3) is 5.21. The van der Waals surface area contributed by atoms with E-state index in [1.165, 1.54) is 6.07 Å². The minimum atomic E-state index is -0.437. The predicted octanol–water partition coefficient (Wildman–Crippen LogP) is 3.29. The number of benzene rings is 2. The van der Waals surface area contributed by atoms with Crippen LogP contribution in [0.3, 0.4) is 0 Å². The summed E-state index contributed by atoms with van der Waals surface area (Å²) in [5.74, 6) is -0.0453. The van der Waals surface area contributed by atoms with E-state index in [9.17, 15) is 9.90 Å². The lowest BCUT2D eigenvalue weighted by Gasteiger charge is -2.38. The second kappa shape index (κ2) is 10.7. The molecule has 1 amide bonds. The first-order chi connectivity index (χ1) is 19.0. The fourth-order valence-electron chi connectivity index (χ4n) is 5.75. The average molecular weight is 533 g/mol. The van der Waals surface area contributed by atoms with Crippen LogP contribution in [0.25, 0.3) is 11.0 Å². The number of carbonyl (C=O) groups is 1. The molecule has 2 aromatic carbocycles. The minimum Gasteiger partial charge on any atom is -0.488 e. The van der Waals surface area contributed by atoms with Gasteiger partial charge in [0, 0.05) is 68.6 Å². The Kier molecular flexibility index (Phi) is 6.95. The smallest absolute Gasteiger partial charge is 0.251 e. The van der Waals surface area contributed by atoms with Crippen molar-refractivity contribution in [2.45, 2.75) is 37.8 Å². The van der Waals surface area contributed by atoms with Gasteiger partial charge in [0.1, 0.15) is 17.1 Å². The van der Waals surface area contributed by atoms with E-state index in [0.717, 1.165) is 43.6 Å². The van der Waals surface area contributed by atoms with Gasteiger partial charge >= 0.3 is 0 Å². The molecule has 10 heteroatoms. The van der Waals surface area contributed by atoms with E-state index in [4.69, 9.17) is 4.74 Å². The molecule has 1 aromatic heterocycles. The van der Waals surface area contributed by atoms with E-state index < -0.39 is 5.82 Å². The molecule has 39 heavy (non-hydrogen) atoms. The molecule has 1 fully saturated rings. The molecule has 1 saturated carbocycles. The molecule has 204 valence electrons. The summed E-state index contributed by atoms with van der Waals surface area (Å²) in [5, 5.41) is 13.1. The van der Waals surface area contributed by atoms with Gasteiger partial charge in [-0.05, 0) is 49.9 Å². The Labute approximate surface area is 226 Å². The highest BCUT2D eigenvalue weighted by molar-refractivity contribution is 5.95. The van der Waals surface area contributed by atoms with Crippen LogP contribution in [-0.2, 0) is 0 Å². The number of halogens is 1. The van der Waals surface area contributed by atoms with E-state index in [-0.39, 0.29) is 24.7 Å². The van der Waals surface area contributed by atoms with Crippen LogP contribution in [0.15, 0.2) is 54.6 Å². The largest absolute Gasteiger partial charge is 0.488 e. The number of likely N-dealkylation sites (N-methyl/N-ethyl adjacent to an activating group) is 1. The van der Waals surface area contributed by atoms with Gasteiger partial charge in [0.2, 0.25) is 0 Å². The number of fused-ring (bicyclic) bond motifs is 3. The maximum Gasteiger partial charge on any atom is 0.251 e. The molecule has 0 saturated heterocycles. The number of ether oxygens (including phenoxy) is 1. The summed E-state index contributed by atoms with van der Waals surface area (Å²) in [5.41, 5.74) is 3.85. The highest BCUT2D eigenvalue weighted by Crippen LogP contribution is 2.34. The molecule has 8 rings (SSSR count). The monoisotopic (exact) mass is 532 g/mol. The first-order valence-corrected chi connectivity index (χ1v) is 13.5. The van der Waals surface area contributed by atoms with Crippen molar-refractivity contribution in [1.29, 1.82) is 0 Å². The first kappa shape index (κ1) is 25.4. The zero-order valence-electron chi connectivity index (χ0n) is 22.0. The first-order valence-electron chi connectivity index (χ1n) is 13.5. The Morgan fingerprint density at radius 1 is 1.10 bits per heavy atom. The van der Waals surface area contributed by atoms with Gasteiger partial charge in [-0.25, -0.2) is 9.37 Å². The predicted molar refractivity (Wildman–Crippen MR) is 147 cm³/mol. The molecular formula is C29H33FN6O3. The van der Waals surface area contributed by atoms with Gasteiger partial charge in [-0.1, -0.05) is 0 Å². The van der Waals surface area contributed by atoms with Crippen LogP contribution >= 0.6 is 0 Å². The second-order valence-corrected chi connectivity index (χ2v) is 10.5. The van der Waals surface area contributed by atoms with Gasteiger partial charge in [-0.2, -0.15) is 0 Å². The fraction of sp³-hybridized carbons (Fsp3) is 0.414. The quantitative estimate of drug-likeness (QED) is 0.520. The number of amides is 1. The standard InChI is InChI=1S/C29H33FN6O3/c1-34-10-11-36-22(17-34)18-35(12-13-37)21-15-25-28(32-9-8-31-25)27(16-21)39-23-5-3-20(4-6-23)33-29(38)19-2-7-26(36)24(30)14-19/h2,7-9,14-17,20,23,37H,3-6,10-13,18H2,1H3,(H,33,38). The Morgan fingerprint density at radius 3 is 2.72 bits per heavy atom. The number of carbonyl (C=O) groups excluding carboxylic acids is 1. The van der Waals surface area contributed by atoms with Crippen molar-refractivity contribution in [1.82, 2.24) is 20.2 Å². The summed E-state index contributed by atoms with van der Waals surface area (Å²) >= 11 is 0. The molecule has 9 nitrogen and oxygen atoms in total. The number of rotatable bonds is 2. The summed E-state index contributed by atoms with van der Waals surface area (Å²) in [6.45, 7) is 2.03. The van der Waals surface area contributed by atoms with Crippen molar-refractivity contribution in [3.05, 3.63) is 66.0 Å². The molecule has 1 aliphatic carbocycles. The van der Waals surface area contributed by atoms with Crippen molar-refractivity contribution < 1.29 is 19.0 Å². The van der Waals surface area contributed by atoms with E-state index in [0.29, 0.717) is 47.7 Å². The molecule has 0 radical (unpaired) electrons. The zero-order valence-corrected chi connectivity index (χ0v) is 22.0. The number of hydrogen-bond donors (Lipinski definition) is 2. The Balaban J connectivity index is 1.46. The van der Waals surface area contributed by atoms with E-state index in [2.05, 4.69) is 25.1 Å². The second-order valence-electron chi connectivity index (χ2n) is 10.5. The average Bonchev–Trinajstić information content (AvgIpc) is 2.94. The molecule has 3 aromatic rings. The van der Waals surface area contributed by atoms with E-state index >= 15 is 4.39 Å². The van der Waals surface area contributed by atoms with Crippen molar-refractivity contribution >= 4 is 28.3 Å². The highest BCUT2D eigenvalue weighted by atomic mass is 19.1. The molecule has 5 aliphatic rings. The van der Waals surface area contributed by atoms with E-state index in [1.54, 1.807) is 24.5 Å². The van der Waals surface area contributed by atoms with Crippen LogP contribution in [-0.4, -0.2) is 77.9 Å². The lowest BCUT2D eigenvalue weighted by molar-refractivity contribution is 0.0894. The summed E-state index contributed by atoms with van der Waals surface area (Å²) in [6.07, 6.45) is 8.39. The zero-order chi connectivity index (χ0) is 26.9. The van der Waals surface area contributed by atoms with Crippen molar-refractivity contribution in [2.75, 3.05) is 49.6 Å². The lowest BCUT2D eigenvalue weighted by Crippen LogP contribution is -2.42. The number of aliphatic hydroxyl groups excluding tert-OH is 1. The molecule has 6 bridgehead atoms. The van der Waals surface area contributed by atoms with Crippen LogP contribution in [0.2, 0.25) is 0 Å². The normalized spacial score (nSPS) is 21.7. The molecular weight excluding hydrogens is 499 g/mol. The third-order valence-electron chi connectivity index (χ3n) is 7.81. The van der Waals surface area contributed by atoms with Crippen molar-refractivity contribution in [3.8, 4) is 5.75 Å².